The molecule has 100 valence electrons. The molecule has 19 heavy (non-hydrogen) atoms. The number of hydrogen-bond acceptors (Lipinski definition) is 1. The van der Waals surface area contributed by atoms with Crippen LogP contribution in [-0.4, -0.2) is 12.6 Å². The highest BCUT2D eigenvalue weighted by Gasteiger charge is 2.03. The van der Waals surface area contributed by atoms with E-state index in [9.17, 15) is 4.39 Å². The Morgan fingerprint density at radius 1 is 0.947 bits per heavy atom. The highest BCUT2D eigenvalue weighted by molar-refractivity contribution is 5.17. The lowest BCUT2D eigenvalue weighted by atomic mass is 10.1. The molecule has 0 aliphatic heterocycles. The molecule has 2 rings (SSSR count). The number of benzene rings is 2. The third kappa shape index (κ3) is 4.84. The largest absolute Gasteiger partial charge is 0.314 e. The van der Waals surface area contributed by atoms with E-state index >= 15 is 0 Å². The average molecular weight is 257 g/mol. The Hall–Kier alpha value is -1.67. The molecule has 2 aromatic carbocycles. The molecule has 0 saturated heterocycles. The van der Waals surface area contributed by atoms with Crippen LogP contribution >= 0.6 is 0 Å². The maximum atomic E-state index is 12.8. The summed E-state index contributed by atoms with van der Waals surface area (Å²) >= 11 is 0. The standard InChI is InChI=1S/C17H20FN/c1-14(13-16-7-9-17(18)10-8-16)19-12-11-15-5-3-2-4-6-15/h2-10,14,19H,11-13H2,1H3. The van der Waals surface area contributed by atoms with Crippen molar-refractivity contribution >= 4 is 0 Å². The van der Waals surface area contributed by atoms with Crippen LogP contribution in [-0.2, 0) is 12.8 Å². The van der Waals surface area contributed by atoms with Gasteiger partial charge in [0.25, 0.3) is 0 Å². The van der Waals surface area contributed by atoms with E-state index in [4.69, 9.17) is 0 Å². The van der Waals surface area contributed by atoms with Gasteiger partial charge in [-0.25, -0.2) is 4.39 Å². The molecule has 0 radical (unpaired) electrons. The van der Waals surface area contributed by atoms with E-state index < -0.39 is 0 Å². The van der Waals surface area contributed by atoms with Crippen LogP contribution in [0.5, 0.6) is 0 Å². The minimum Gasteiger partial charge on any atom is -0.314 e. The van der Waals surface area contributed by atoms with E-state index in [2.05, 4.69) is 36.5 Å². The van der Waals surface area contributed by atoms with Crippen molar-refractivity contribution in [1.29, 1.82) is 0 Å². The van der Waals surface area contributed by atoms with Crippen molar-refractivity contribution in [2.45, 2.75) is 25.8 Å². The van der Waals surface area contributed by atoms with Crippen molar-refractivity contribution in [2.24, 2.45) is 0 Å². The summed E-state index contributed by atoms with van der Waals surface area (Å²) in [4.78, 5) is 0. The topological polar surface area (TPSA) is 12.0 Å². The highest BCUT2D eigenvalue weighted by Crippen LogP contribution is 2.06. The molecule has 0 aliphatic rings. The fourth-order valence-corrected chi connectivity index (χ4v) is 2.15. The lowest BCUT2D eigenvalue weighted by molar-refractivity contribution is 0.547. The van der Waals surface area contributed by atoms with Crippen molar-refractivity contribution in [3.05, 3.63) is 71.5 Å². The van der Waals surface area contributed by atoms with Crippen LogP contribution in [0.25, 0.3) is 0 Å². The molecule has 0 saturated carbocycles. The summed E-state index contributed by atoms with van der Waals surface area (Å²) in [6.07, 6.45) is 1.96. The second-order valence-corrected chi connectivity index (χ2v) is 4.92. The van der Waals surface area contributed by atoms with Crippen LogP contribution < -0.4 is 5.32 Å². The van der Waals surface area contributed by atoms with Gasteiger partial charge in [-0.1, -0.05) is 42.5 Å². The molecule has 1 N–H and O–H groups in total. The van der Waals surface area contributed by atoms with Gasteiger partial charge in [-0.15, -0.1) is 0 Å². The summed E-state index contributed by atoms with van der Waals surface area (Å²) in [7, 11) is 0. The van der Waals surface area contributed by atoms with Crippen molar-refractivity contribution < 1.29 is 4.39 Å². The number of hydrogen-bond donors (Lipinski definition) is 1. The van der Waals surface area contributed by atoms with Crippen molar-refractivity contribution in [3.8, 4) is 0 Å². The van der Waals surface area contributed by atoms with Gasteiger partial charge in [-0.2, -0.15) is 0 Å². The van der Waals surface area contributed by atoms with E-state index in [0.717, 1.165) is 19.4 Å². The van der Waals surface area contributed by atoms with E-state index in [-0.39, 0.29) is 5.82 Å². The first kappa shape index (κ1) is 13.8. The molecule has 0 spiro atoms. The third-order valence-corrected chi connectivity index (χ3v) is 3.20. The third-order valence-electron chi connectivity index (χ3n) is 3.20. The Morgan fingerprint density at radius 2 is 1.63 bits per heavy atom. The van der Waals surface area contributed by atoms with Crippen molar-refractivity contribution in [1.82, 2.24) is 5.32 Å². The van der Waals surface area contributed by atoms with Gasteiger partial charge in [0, 0.05) is 6.04 Å². The Morgan fingerprint density at radius 3 is 2.32 bits per heavy atom. The molecule has 0 aliphatic carbocycles. The molecular weight excluding hydrogens is 237 g/mol. The van der Waals surface area contributed by atoms with E-state index in [0.29, 0.717) is 6.04 Å². The number of rotatable bonds is 6. The van der Waals surface area contributed by atoms with Gasteiger partial charge in [0.05, 0.1) is 0 Å². The fourth-order valence-electron chi connectivity index (χ4n) is 2.15. The summed E-state index contributed by atoms with van der Waals surface area (Å²) in [6, 6.07) is 17.6. The molecule has 0 amide bonds. The molecule has 1 nitrogen and oxygen atoms in total. The average Bonchev–Trinajstić information content (AvgIpc) is 2.43. The Bertz CT molecular complexity index is 478. The molecular formula is C17H20FN. The smallest absolute Gasteiger partial charge is 0.123 e. The monoisotopic (exact) mass is 257 g/mol. The zero-order valence-electron chi connectivity index (χ0n) is 11.3. The maximum Gasteiger partial charge on any atom is 0.123 e. The van der Waals surface area contributed by atoms with Crippen molar-refractivity contribution in [2.75, 3.05) is 6.54 Å². The second-order valence-electron chi connectivity index (χ2n) is 4.92. The number of nitrogens with one attached hydrogen (secondary N) is 1. The van der Waals surface area contributed by atoms with Gasteiger partial charge in [0.2, 0.25) is 0 Å². The van der Waals surface area contributed by atoms with Crippen molar-refractivity contribution in [3.63, 3.8) is 0 Å². The van der Waals surface area contributed by atoms with Gasteiger partial charge < -0.3 is 5.32 Å². The Balaban J connectivity index is 1.73. The summed E-state index contributed by atoms with van der Waals surface area (Å²) in [5, 5.41) is 3.50. The van der Waals surface area contributed by atoms with Crippen LogP contribution in [0.4, 0.5) is 4.39 Å². The highest BCUT2D eigenvalue weighted by atomic mass is 19.1. The summed E-state index contributed by atoms with van der Waals surface area (Å²) in [5.74, 6) is -0.173. The zero-order valence-corrected chi connectivity index (χ0v) is 11.3. The molecule has 0 heterocycles. The molecule has 0 bridgehead atoms. The lowest BCUT2D eigenvalue weighted by Crippen LogP contribution is -2.29. The SMILES string of the molecule is CC(Cc1ccc(F)cc1)NCCc1ccccc1. The minimum atomic E-state index is -0.173. The Labute approximate surface area is 114 Å². The number of halogens is 1. The predicted octanol–water partition coefficient (Wildman–Crippen LogP) is 3.59. The van der Waals surface area contributed by atoms with Gasteiger partial charge in [-0.3, -0.25) is 0 Å². The van der Waals surface area contributed by atoms with Crippen LogP contribution in [0.2, 0.25) is 0 Å². The van der Waals surface area contributed by atoms with Crippen LogP contribution in [0.1, 0.15) is 18.1 Å². The van der Waals surface area contributed by atoms with E-state index in [1.807, 2.05) is 18.2 Å². The predicted molar refractivity (Wildman–Crippen MR) is 77.7 cm³/mol. The summed E-state index contributed by atoms with van der Waals surface area (Å²) in [5.41, 5.74) is 2.52. The molecule has 0 aromatic heterocycles. The van der Waals surface area contributed by atoms with E-state index in [1.54, 1.807) is 0 Å². The van der Waals surface area contributed by atoms with Crippen LogP contribution in [0.3, 0.4) is 0 Å². The summed E-state index contributed by atoms with van der Waals surface area (Å²) in [6.45, 7) is 3.13. The van der Waals surface area contributed by atoms with E-state index in [1.165, 1.54) is 23.3 Å². The van der Waals surface area contributed by atoms with Gasteiger partial charge >= 0.3 is 0 Å². The molecule has 0 fully saturated rings. The second kappa shape index (κ2) is 7.05. The summed E-state index contributed by atoms with van der Waals surface area (Å²) < 4.78 is 12.8. The first-order valence-corrected chi connectivity index (χ1v) is 6.76. The fraction of sp³-hybridized carbons (Fsp3) is 0.294. The minimum absolute atomic E-state index is 0.173. The molecule has 1 atom stereocenters. The molecule has 2 aromatic rings. The normalized spacial score (nSPS) is 12.3. The van der Waals surface area contributed by atoms with Gasteiger partial charge in [0.1, 0.15) is 5.82 Å². The molecule has 2 heteroatoms. The quantitative estimate of drug-likeness (QED) is 0.834. The van der Waals surface area contributed by atoms with Gasteiger partial charge in [-0.05, 0) is 49.6 Å². The maximum absolute atomic E-state index is 12.8. The first-order chi connectivity index (χ1) is 9.24. The molecule has 1 unspecified atom stereocenters. The Kier molecular flexibility index (Phi) is 5.10. The lowest BCUT2D eigenvalue weighted by Gasteiger charge is -2.14. The van der Waals surface area contributed by atoms with Crippen LogP contribution in [0.15, 0.2) is 54.6 Å². The van der Waals surface area contributed by atoms with Crippen LogP contribution in [0, 0.1) is 5.82 Å². The zero-order chi connectivity index (χ0) is 13.5. The van der Waals surface area contributed by atoms with Gasteiger partial charge in [0.15, 0.2) is 0 Å². The first-order valence-electron chi connectivity index (χ1n) is 6.76.